The number of aromatic nitrogens is 1. The Bertz CT molecular complexity index is 1400. The second-order valence-corrected chi connectivity index (χ2v) is 12.8. The van der Waals surface area contributed by atoms with Gasteiger partial charge >= 0.3 is 0 Å². The molecule has 2 N–H and O–H groups in total. The Kier molecular flexibility index (Phi) is 9.01. The zero-order valence-electron chi connectivity index (χ0n) is 22.0. The van der Waals surface area contributed by atoms with Gasteiger partial charge in [-0.1, -0.05) is 13.0 Å². The summed E-state index contributed by atoms with van der Waals surface area (Å²) in [5, 5.41) is 14.4. The van der Waals surface area contributed by atoms with E-state index in [9.17, 15) is 23.1 Å². The van der Waals surface area contributed by atoms with Crippen molar-refractivity contribution in [3.8, 4) is 5.75 Å². The van der Waals surface area contributed by atoms with E-state index in [-0.39, 0.29) is 48.1 Å². The fourth-order valence-electron chi connectivity index (χ4n) is 4.35. The minimum Gasteiger partial charge on any atom is -0.488 e. The number of carbonyl (C=O) groups is 2. The zero-order chi connectivity index (χ0) is 28.2. The number of benzene rings is 1. The van der Waals surface area contributed by atoms with Crippen LogP contribution in [0.15, 0.2) is 64.4 Å². The molecular weight excluding hydrogens is 540 g/mol. The quantitative estimate of drug-likeness (QED) is 0.425. The third kappa shape index (κ3) is 6.64. The summed E-state index contributed by atoms with van der Waals surface area (Å²) in [6.45, 7) is 3.77. The molecule has 2 aromatic heterocycles. The second kappa shape index (κ2) is 12.2. The molecule has 2 amide bonds. The van der Waals surface area contributed by atoms with Gasteiger partial charge in [-0.05, 0) is 48.7 Å². The normalized spacial score (nSPS) is 18.9. The van der Waals surface area contributed by atoms with E-state index >= 15 is 0 Å². The number of fused-ring (bicyclic) bond motifs is 1. The van der Waals surface area contributed by atoms with Gasteiger partial charge in [0.25, 0.3) is 15.9 Å². The maximum Gasteiger partial charge on any atom is 0.255 e. The van der Waals surface area contributed by atoms with Crippen LogP contribution in [-0.2, 0) is 21.2 Å². The average molecular weight is 573 g/mol. The third-order valence-corrected chi connectivity index (χ3v) is 9.91. The fraction of sp³-hybridized carbons (Fsp3) is 0.370. The molecule has 10 nitrogen and oxygen atoms in total. The first-order chi connectivity index (χ1) is 18.6. The summed E-state index contributed by atoms with van der Waals surface area (Å²) in [6, 6.07) is 11.1. The van der Waals surface area contributed by atoms with Crippen LogP contribution in [0.25, 0.3) is 0 Å². The van der Waals surface area contributed by atoms with Gasteiger partial charge in [-0.15, -0.1) is 11.3 Å². The minimum absolute atomic E-state index is 0.0125. The number of hydrogen-bond acceptors (Lipinski definition) is 8. The number of anilines is 1. The molecule has 1 aliphatic heterocycles. The van der Waals surface area contributed by atoms with E-state index in [1.807, 2.05) is 6.92 Å². The van der Waals surface area contributed by atoms with Gasteiger partial charge in [0.2, 0.25) is 5.91 Å². The summed E-state index contributed by atoms with van der Waals surface area (Å²) in [7, 11) is -2.21. The lowest BCUT2D eigenvalue weighted by Gasteiger charge is -2.33. The lowest BCUT2D eigenvalue weighted by atomic mass is 10.0. The Balaban J connectivity index is 1.65. The first-order valence-electron chi connectivity index (χ1n) is 12.5. The van der Waals surface area contributed by atoms with Crippen LogP contribution in [0.4, 0.5) is 5.69 Å². The number of aliphatic hydroxyl groups excluding tert-OH is 1. The number of rotatable bonds is 8. The summed E-state index contributed by atoms with van der Waals surface area (Å²) in [5.74, 6) is -0.357. The van der Waals surface area contributed by atoms with Crippen LogP contribution in [0.3, 0.4) is 0 Å². The van der Waals surface area contributed by atoms with Crippen molar-refractivity contribution in [3.05, 3.63) is 71.4 Å². The topological polar surface area (TPSA) is 129 Å². The maximum absolute atomic E-state index is 13.4. The van der Waals surface area contributed by atoms with E-state index < -0.39 is 22.2 Å². The molecular formula is C27H32N4O6S2. The predicted molar refractivity (Wildman–Crippen MR) is 148 cm³/mol. The number of ether oxygens (including phenoxy) is 1. The molecule has 0 bridgehead atoms. The number of nitrogens with one attached hydrogen (secondary N) is 1. The number of pyridine rings is 1. The molecule has 4 rings (SSSR count). The largest absolute Gasteiger partial charge is 0.488 e. The number of aliphatic hydroxyl groups is 1. The van der Waals surface area contributed by atoms with Crippen molar-refractivity contribution < 1.29 is 27.9 Å². The number of thiophene rings is 1. The van der Waals surface area contributed by atoms with E-state index in [0.717, 1.165) is 11.3 Å². The summed E-state index contributed by atoms with van der Waals surface area (Å²) in [4.78, 5) is 31.6. The Morgan fingerprint density at radius 1 is 1.28 bits per heavy atom. The third-order valence-electron chi connectivity index (χ3n) is 6.71. The van der Waals surface area contributed by atoms with Crippen LogP contribution >= 0.6 is 11.3 Å². The van der Waals surface area contributed by atoms with E-state index in [1.165, 1.54) is 23.7 Å². The molecule has 0 aliphatic carbocycles. The van der Waals surface area contributed by atoms with E-state index in [0.29, 0.717) is 22.6 Å². The molecule has 0 radical (unpaired) electrons. The Morgan fingerprint density at radius 3 is 2.69 bits per heavy atom. The number of likely N-dealkylation sites (N-methyl/N-ethyl adjacent to an activating group) is 1. The number of nitrogens with zero attached hydrogens (tertiary/aromatic N) is 3. The molecule has 39 heavy (non-hydrogen) atoms. The first kappa shape index (κ1) is 28.7. The van der Waals surface area contributed by atoms with Crippen molar-refractivity contribution in [2.75, 3.05) is 32.1 Å². The molecule has 0 unspecified atom stereocenters. The molecule has 1 aliphatic rings. The van der Waals surface area contributed by atoms with Gasteiger partial charge in [0.15, 0.2) is 0 Å². The Labute approximate surface area is 232 Å². The van der Waals surface area contributed by atoms with Gasteiger partial charge in [-0.3, -0.25) is 14.6 Å². The van der Waals surface area contributed by atoms with E-state index in [2.05, 4.69) is 10.3 Å². The number of amides is 2. The fourth-order valence-corrected chi connectivity index (χ4v) is 6.73. The number of sulfonamides is 1. The predicted octanol–water partition coefficient (Wildman–Crippen LogP) is 2.87. The van der Waals surface area contributed by atoms with Crippen LogP contribution < -0.4 is 10.1 Å². The Hall–Kier alpha value is -3.32. The van der Waals surface area contributed by atoms with E-state index in [4.69, 9.17) is 4.74 Å². The van der Waals surface area contributed by atoms with Crippen molar-refractivity contribution in [1.29, 1.82) is 0 Å². The van der Waals surface area contributed by atoms with Crippen molar-refractivity contribution in [3.63, 3.8) is 0 Å². The molecule has 0 saturated heterocycles. The monoisotopic (exact) mass is 572 g/mol. The highest BCUT2D eigenvalue weighted by molar-refractivity contribution is 7.91. The van der Waals surface area contributed by atoms with Crippen LogP contribution in [0.5, 0.6) is 5.75 Å². The summed E-state index contributed by atoms with van der Waals surface area (Å²) in [5.41, 5.74) is 1.47. The summed E-state index contributed by atoms with van der Waals surface area (Å²) >= 11 is 1.14. The van der Waals surface area contributed by atoms with Gasteiger partial charge in [-0.25, -0.2) is 8.42 Å². The maximum atomic E-state index is 13.4. The highest BCUT2D eigenvalue weighted by Crippen LogP contribution is 2.30. The van der Waals surface area contributed by atoms with Gasteiger partial charge in [0, 0.05) is 48.7 Å². The Morgan fingerprint density at radius 2 is 2.03 bits per heavy atom. The minimum atomic E-state index is -3.72. The van der Waals surface area contributed by atoms with Crippen molar-refractivity contribution >= 4 is 38.9 Å². The lowest BCUT2D eigenvalue weighted by Crippen LogP contribution is -2.48. The highest BCUT2D eigenvalue weighted by Gasteiger charge is 2.33. The molecule has 1 aromatic carbocycles. The standard InChI is InChI=1S/C27H32N4O6S2/c1-18-15-31(19(2)17-32)25(33)14-21-13-22(29-27(34)20-8-10-28-11-9-20)6-7-23(21)37-24(18)16-30(3)39(35,36)26-5-4-12-38-26/h4-13,18-19,24,32H,14-17H2,1-3H3,(H,29,34)/t18-,19+,24-/m0/s1. The highest BCUT2D eigenvalue weighted by atomic mass is 32.2. The van der Waals surface area contributed by atoms with Gasteiger partial charge in [0.1, 0.15) is 16.1 Å². The summed E-state index contributed by atoms with van der Waals surface area (Å²) < 4.78 is 34.1. The van der Waals surface area contributed by atoms with Crippen LogP contribution in [0.1, 0.15) is 29.8 Å². The van der Waals surface area contributed by atoms with Crippen LogP contribution in [-0.4, -0.2) is 78.4 Å². The van der Waals surface area contributed by atoms with E-state index in [1.54, 1.807) is 59.7 Å². The molecule has 3 aromatic rings. The van der Waals surface area contributed by atoms with Gasteiger partial charge < -0.3 is 20.1 Å². The first-order valence-corrected chi connectivity index (χ1v) is 14.8. The SMILES string of the molecule is C[C@H](CO)N1C[C@H](C)[C@H](CN(C)S(=O)(=O)c2cccs2)Oc2ccc(NC(=O)c3ccncc3)cc2CC1=O. The van der Waals surface area contributed by atoms with Crippen LogP contribution in [0, 0.1) is 5.92 Å². The smallest absolute Gasteiger partial charge is 0.255 e. The van der Waals surface area contributed by atoms with Crippen molar-refractivity contribution in [2.45, 2.75) is 36.6 Å². The average Bonchev–Trinajstić information content (AvgIpc) is 3.49. The molecule has 0 spiro atoms. The molecule has 3 atom stereocenters. The summed E-state index contributed by atoms with van der Waals surface area (Å²) in [6.07, 6.45) is 2.44. The lowest BCUT2D eigenvalue weighted by molar-refractivity contribution is -0.134. The molecule has 0 fully saturated rings. The second-order valence-electron chi connectivity index (χ2n) is 9.62. The molecule has 12 heteroatoms. The molecule has 0 saturated carbocycles. The number of hydrogen-bond donors (Lipinski definition) is 2. The molecule has 208 valence electrons. The zero-order valence-corrected chi connectivity index (χ0v) is 23.6. The van der Waals surface area contributed by atoms with Crippen molar-refractivity contribution in [2.24, 2.45) is 5.92 Å². The number of carbonyl (C=O) groups excluding carboxylic acids is 2. The van der Waals surface area contributed by atoms with Gasteiger partial charge in [0.05, 0.1) is 25.6 Å². The van der Waals surface area contributed by atoms with Crippen molar-refractivity contribution in [1.82, 2.24) is 14.2 Å². The molecule has 3 heterocycles. The van der Waals surface area contributed by atoms with Gasteiger partial charge in [-0.2, -0.15) is 4.31 Å². The van der Waals surface area contributed by atoms with Crippen LogP contribution in [0.2, 0.25) is 0 Å².